The number of oxazole rings is 1. The van der Waals surface area contributed by atoms with Crippen LogP contribution in [-0.2, 0) is 28.6 Å². The number of piperazine rings is 1. The molecule has 2 aliphatic rings. The first-order valence-corrected chi connectivity index (χ1v) is 10.5. The van der Waals surface area contributed by atoms with E-state index in [1.807, 2.05) is 12.1 Å². The second-order valence-electron chi connectivity index (χ2n) is 8.68. The number of amides is 2. The Bertz CT molecular complexity index is 979. The van der Waals surface area contributed by atoms with Crippen LogP contribution >= 0.6 is 0 Å². The Hall–Kier alpha value is -2.88. The van der Waals surface area contributed by atoms with Crippen molar-refractivity contribution in [3.05, 3.63) is 53.2 Å². The summed E-state index contributed by atoms with van der Waals surface area (Å²) >= 11 is 0. The van der Waals surface area contributed by atoms with E-state index >= 15 is 0 Å². The zero-order valence-electron chi connectivity index (χ0n) is 17.8. The monoisotopic (exact) mass is 450 g/mol. The topological polar surface area (TPSA) is 87.5 Å². The van der Waals surface area contributed by atoms with Crippen LogP contribution in [0.2, 0.25) is 0 Å². The van der Waals surface area contributed by atoms with Crippen LogP contribution in [0.1, 0.15) is 42.6 Å². The second kappa shape index (κ2) is 8.57. The normalized spacial score (nSPS) is 20.8. The molecule has 0 spiro atoms. The summed E-state index contributed by atoms with van der Waals surface area (Å²) < 4.78 is 43.7. The van der Waals surface area contributed by atoms with Gasteiger partial charge in [-0.2, -0.15) is 13.2 Å². The summed E-state index contributed by atoms with van der Waals surface area (Å²) in [6.07, 6.45) is -2.34. The van der Waals surface area contributed by atoms with E-state index in [-0.39, 0.29) is 36.1 Å². The lowest BCUT2D eigenvalue weighted by atomic mass is 9.93. The van der Waals surface area contributed by atoms with E-state index in [0.717, 1.165) is 19.1 Å². The fraction of sp³-hybridized carbons (Fsp3) is 0.500. The molecule has 2 aromatic rings. The molecule has 0 saturated carbocycles. The standard InChI is InChI=1S/C22H25F3N4O3/c1-12(2)26-20(31)19(17-11-32-21(28-17)22(23,24)25)29-9-16(27-18(30)10-29)15-7-13-5-3-4-6-14(13)8-15/h3-6,11-12,15-16,19H,7-10H2,1-2H3,(H,26,31)(H,27,30)/t16?,19-/m1/s1. The quantitative estimate of drug-likeness (QED) is 0.731. The van der Waals surface area contributed by atoms with Gasteiger partial charge in [0.25, 0.3) is 0 Å². The minimum atomic E-state index is -4.77. The molecule has 1 fully saturated rings. The first kappa shape index (κ1) is 22.3. The molecule has 2 heterocycles. The van der Waals surface area contributed by atoms with Crippen molar-refractivity contribution in [3.63, 3.8) is 0 Å². The number of benzene rings is 1. The van der Waals surface area contributed by atoms with Crippen molar-refractivity contribution in [2.75, 3.05) is 13.1 Å². The van der Waals surface area contributed by atoms with E-state index in [1.54, 1.807) is 18.7 Å². The molecule has 32 heavy (non-hydrogen) atoms. The van der Waals surface area contributed by atoms with E-state index in [2.05, 4.69) is 32.2 Å². The van der Waals surface area contributed by atoms with E-state index in [9.17, 15) is 22.8 Å². The SMILES string of the molecule is CC(C)NC(=O)[C@@H](c1coc(C(F)(F)F)n1)N1CC(=O)NC(C2Cc3ccccc3C2)C1. The van der Waals surface area contributed by atoms with Crippen molar-refractivity contribution in [2.24, 2.45) is 5.92 Å². The van der Waals surface area contributed by atoms with Crippen molar-refractivity contribution in [1.82, 2.24) is 20.5 Å². The van der Waals surface area contributed by atoms with Crippen LogP contribution < -0.4 is 10.6 Å². The van der Waals surface area contributed by atoms with E-state index in [0.29, 0.717) is 6.54 Å². The molecule has 1 aromatic heterocycles. The van der Waals surface area contributed by atoms with Gasteiger partial charge in [0.2, 0.25) is 11.8 Å². The highest BCUT2D eigenvalue weighted by Gasteiger charge is 2.42. The van der Waals surface area contributed by atoms with Crippen LogP contribution in [0.4, 0.5) is 13.2 Å². The van der Waals surface area contributed by atoms with Crippen molar-refractivity contribution in [2.45, 2.75) is 51.0 Å². The zero-order valence-corrected chi connectivity index (χ0v) is 17.8. The highest BCUT2D eigenvalue weighted by Crippen LogP contribution is 2.33. The lowest BCUT2D eigenvalue weighted by Crippen LogP contribution is -2.59. The number of fused-ring (bicyclic) bond motifs is 1. The molecular formula is C22H25F3N4O3. The summed E-state index contributed by atoms with van der Waals surface area (Å²) in [6.45, 7) is 3.69. The van der Waals surface area contributed by atoms with Gasteiger partial charge in [0.05, 0.1) is 6.54 Å². The lowest BCUT2D eigenvalue weighted by molar-refractivity contribution is -0.157. The van der Waals surface area contributed by atoms with Gasteiger partial charge < -0.3 is 15.1 Å². The number of nitrogens with zero attached hydrogens (tertiary/aromatic N) is 2. The molecule has 0 bridgehead atoms. The molecule has 7 nitrogen and oxygen atoms in total. The van der Waals surface area contributed by atoms with Gasteiger partial charge in [-0.3, -0.25) is 14.5 Å². The van der Waals surface area contributed by atoms with E-state index < -0.39 is 24.0 Å². The molecule has 4 rings (SSSR count). The summed E-state index contributed by atoms with van der Waals surface area (Å²) in [7, 11) is 0. The Morgan fingerprint density at radius 1 is 1.25 bits per heavy atom. The van der Waals surface area contributed by atoms with Gasteiger partial charge in [0.15, 0.2) is 0 Å². The molecule has 2 atom stereocenters. The van der Waals surface area contributed by atoms with Gasteiger partial charge >= 0.3 is 12.1 Å². The fourth-order valence-electron chi connectivity index (χ4n) is 4.53. The number of hydrogen-bond donors (Lipinski definition) is 2. The number of hydrogen-bond acceptors (Lipinski definition) is 5. The largest absolute Gasteiger partial charge is 0.468 e. The highest BCUT2D eigenvalue weighted by molar-refractivity contribution is 5.85. The fourth-order valence-corrected chi connectivity index (χ4v) is 4.53. The van der Waals surface area contributed by atoms with Crippen LogP contribution in [0.5, 0.6) is 0 Å². The Labute approximate surface area is 183 Å². The van der Waals surface area contributed by atoms with Gasteiger partial charge in [-0.05, 0) is 43.7 Å². The second-order valence-corrected chi connectivity index (χ2v) is 8.68. The summed E-state index contributed by atoms with van der Waals surface area (Å²) in [5.41, 5.74) is 2.28. The van der Waals surface area contributed by atoms with Gasteiger partial charge in [0.1, 0.15) is 18.0 Å². The molecule has 2 amide bonds. The summed E-state index contributed by atoms with van der Waals surface area (Å²) in [5, 5.41) is 5.73. The maximum Gasteiger partial charge on any atom is 0.468 e. The Morgan fingerprint density at radius 3 is 2.47 bits per heavy atom. The van der Waals surface area contributed by atoms with Crippen molar-refractivity contribution < 1.29 is 27.2 Å². The average molecular weight is 450 g/mol. The number of aromatic nitrogens is 1. The Kier molecular flexibility index (Phi) is 5.98. The molecule has 1 saturated heterocycles. The van der Waals surface area contributed by atoms with Gasteiger partial charge in [-0.1, -0.05) is 24.3 Å². The first-order chi connectivity index (χ1) is 15.1. The van der Waals surface area contributed by atoms with Crippen molar-refractivity contribution >= 4 is 11.8 Å². The maximum absolute atomic E-state index is 13.0. The summed E-state index contributed by atoms with van der Waals surface area (Å²) in [6, 6.07) is 6.42. The molecule has 1 aliphatic heterocycles. The maximum atomic E-state index is 13.0. The molecule has 1 unspecified atom stereocenters. The van der Waals surface area contributed by atoms with E-state index in [4.69, 9.17) is 0 Å². The summed E-state index contributed by atoms with van der Waals surface area (Å²) in [5.74, 6) is -2.08. The first-order valence-electron chi connectivity index (χ1n) is 10.5. The highest BCUT2D eigenvalue weighted by atomic mass is 19.4. The Balaban J connectivity index is 1.59. The number of halogens is 3. The average Bonchev–Trinajstić information content (AvgIpc) is 3.34. The summed E-state index contributed by atoms with van der Waals surface area (Å²) in [4.78, 5) is 30.7. The van der Waals surface area contributed by atoms with Crippen LogP contribution in [0.15, 0.2) is 34.9 Å². The smallest absolute Gasteiger partial charge is 0.441 e. The molecule has 1 aliphatic carbocycles. The van der Waals surface area contributed by atoms with E-state index in [1.165, 1.54) is 11.1 Å². The Morgan fingerprint density at radius 2 is 1.91 bits per heavy atom. The molecule has 10 heteroatoms. The zero-order chi connectivity index (χ0) is 23.0. The molecule has 172 valence electrons. The minimum absolute atomic E-state index is 0.124. The van der Waals surface area contributed by atoms with Crippen LogP contribution in [0.25, 0.3) is 0 Å². The lowest BCUT2D eigenvalue weighted by Gasteiger charge is -2.39. The predicted octanol–water partition coefficient (Wildman–Crippen LogP) is 2.47. The van der Waals surface area contributed by atoms with Crippen molar-refractivity contribution in [1.29, 1.82) is 0 Å². The van der Waals surface area contributed by atoms with Crippen LogP contribution in [0, 0.1) is 5.92 Å². The predicted molar refractivity (Wildman–Crippen MR) is 108 cm³/mol. The number of carbonyl (C=O) groups excluding carboxylic acids is 2. The van der Waals surface area contributed by atoms with Gasteiger partial charge in [0, 0.05) is 18.6 Å². The molecule has 1 aromatic carbocycles. The number of alkyl halides is 3. The third-order valence-corrected chi connectivity index (χ3v) is 5.86. The third-order valence-electron chi connectivity index (χ3n) is 5.86. The molecular weight excluding hydrogens is 425 g/mol. The van der Waals surface area contributed by atoms with Crippen molar-refractivity contribution in [3.8, 4) is 0 Å². The molecule has 2 N–H and O–H groups in total. The molecule has 0 radical (unpaired) electrons. The number of rotatable bonds is 5. The number of nitrogens with one attached hydrogen (secondary N) is 2. The number of carbonyl (C=O) groups is 2. The van der Waals surface area contributed by atoms with Gasteiger partial charge in [-0.25, -0.2) is 4.98 Å². The van der Waals surface area contributed by atoms with Crippen LogP contribution in [-0.4, -0.2) is 46.9 Å². The third kappa shape index (κ3) is 4.64. The van der Waals surface area contributed by atoms with Gasteiger partial charge in [-0.15, -0.1) is 0 Å². The van der Waals surface area contributed by atoms with Crippen LogP contribution in [0.3, 0.4) is 0 Å². The minimum Gasteiger partial charge on any atom is -0.441 e.